The van der Waals surface area contributed by atoms with E-state index in [-0.39, 0.29) is 5.91 Å². The molecule has 0 saturated heterocycles. The van der Waals surface area contributed by atoms with E-state index in [2.05, 4.69) is 10.3 Å². The number of amides is 1. The molecule has 2 aromatic heterocycles. The first-order chi connectivity index (χ1) is 14.7. The Hall–Kier alpha value is -3.86. The summed E-state index contributed by atoms with van der Waals surface area (Å²) in [4.78, 5) is 16.7. The van der Waals surface area contributed by atoms with E-state index in [1.165, 1.54) is 6.08 Å². The van der Waals surface area contributed by atoms with E-state index in [1.807, 2.05) is 90.4 Å². The summed E-state index contributed by atoms with van der Waals surface area (Å²) in [6.07, 6.45) is 7.19. The predicted octanol–water partition coefficient (Wildman–Crippen LogP) is 4.55. The highest BCUT2D eigenvalue weighted by Crippen LogP contribution is 2.15. The van der Waals surface area contributed by atoms with Crippen molar-refractivity contribution < 1.29 is 9.53 Å². The number of aromatic nitrogens is 2. The summed E-state index contributed by atoms with van der Waals surface area (Å²) in [6.45, 7) is 2.93. The molecule has 5 heteroatoms. The second-order valence-corrected chi connectivity index (χ2v) is 7.05. The quantitative estimate of drug-likeness (QED) is 0.466. The molecule has 150 valence electrons. The third kappa shape index (κ3) is 4.94. The zero-order valence-corrected chi connectivity index (χ0v) is 16.8. The molecule has 0 aliphatic heterocycles. The van der Waals surface area contributed by atoms with Gasteiger partial charge in [-0.3, -0.25) is 4.79 Å². The van der Waals surface area contributed by atoms with Gasteiger partial charge in [0, 0.05) is 18.5 Å². The second-order valence-electron chi connectivity index (χ2n) is 7.05. The number of nitrogens with zero attached hydrogens (tertiary/aromatic N) is 2. The molecular weight excluding hydrogens is 374 g/mol. The topological polar surface area (TPSA) is 55.6 Å². The van der Waals surface area contributed by atoms with Crippen molar-refractivity contribution in [3.63, 3.8) is 0 Å². The van der Waals surface area contributed by atoms with Gasteiger partial charge < -0.3 is 14.5 Å². The Kier molecular flexibility index (Phi) is 5.90. The van der Waals surface area contributed by atoms with Gasteiger partial charge in [0.25, 0.3) is 0 Å². The average Bonchev–Trinajstić information content (AvgIpc) is 3.21. The Labute approximate surface area is 175 Å². The molecule has 0 bridgehead atoms. The fourth-order valence-electron chi connectivity index (χ4n) is 3.11. The fourth-order valence-corrected chi connectivity index (χ4v) is 3.11. The number of hydrogen-bond acceptors (Lipinski definition) is 3. The third-order valence-corrected chi connectivity index (χ3v) is 4.73. The lowest BCUT2D eigenvalue weighted by molar-refractivity contribution is -0.116. The predicted molar refractivity (Wildman–Crippen MR) is 118 cm³/mol. The van der Waals surface area contributed by atoms with Crippen molar-refractivity contribution in [3.05, 3.63) is 108 Å². The molecule has 2 aromatic carbocycles. The van der Waals surface area contributed by atoms with E-state index < -0.39 is 0 Å². The summed E-state index contributed by atoms with van der Waals surface area (Å²) < 4.78 is 7.75. The number of pyridine rings is 1. The number of carbonyl (C=O) groups is 1. The molecular formula is C25H23N3O2. The minimum Gasteiger partial charge on any atom is -0.489 e. The molecule has 0 aliphatic carbocycles. The van der Waals surface area contributed by atoms with Gasteiger partial charge in [-0.15, -0.1) is 0 Å². The Morgan fingerprint density at radius 3 is 2.63 bits per heavy atom. The number of hydrogen-bond donors (Lipinski definition) is 1. The van der Waals surface area contributed by atoms with Gasteiger partial charge in [-0.25, -0.2) is 4.98 Å². The van der Waals surface area contributed by atoms with Crippen LogP contribution in [-0.2, 0) is 17.9 Å². The van der Waals surface area contributed by atoms with Crippen LogP contribution in [0.15, 0.2) is 85.2 Å². The van der Waals surface area contributed by atoms with Crippen LogP contribution in [0.2, 0.25) is 0 Å². The number of fused-ring (bicyclic) bond motifs is 1. The Balaban J connectivity index is 1.28. The van der Waals surface area contributed by atoms with E-state index in [4.69, 9.17) is 4.74 Å². The molecule has 0 fully saturated rings. The van der Waals surface area contributed by atoms with Crippen molar-refractivity contribution in [2.75, 3.05) is 0 Å². The number of aryl methyl sites for hydroxylation is 1. The lowest BCUT2D eigenvalue weighted by Crippen LogP contribution is -2.20. The van der Waals surface area contributed by atoms with Crippen molar-refractivity contribution in [2.24, 2.45) is 0 Å². The number of ether oxygens (including phenoxy) is 1. The average molecular weight is 397 g/mol. The first-order valence-corrected chi connectivity index (χ1v) is 9.83. The number of benzene rings is 2. The van der Waals surface area contributed by atoms with Crippen LogP contribution >= 0.6 is 0 Å². The standard InChI is InChI=1S/C25H23N3O2/c1-19-6-5-15-28-17-22(27-25(19)28)16-26-24(29)14-11-20-9-12-23(13-10-20)30-18-21-7-3-2-4-8-21/h2-15,17H,16,18H2,1H3,(H,26,29)/b14-11+. The highest BCUT2D eigenvalue weighted by Gasteiger charge is 2.04. The highest BCUT2D eigenvalue weighted by molar-refractivity contribution is 5.91. The van der Waals surface area contributed by atoms with Crippen molar-refractivity contribution in [3.8, 4) is 5.75 Å². The van der Waals surface area contributed by atoms with Gasteiger partial charge in [-0.2, -0.15) is 0 Å². The minimum atomic E-state index is -0.159. The smallest absolute Gasteiger partial charge is 0.244 e. The zero-order chi connectivity index (χ0) is 20.8. The van der Waals surface area contributed by atoms with Gasteiger partial charge in [0.15, 0.2) is 0 Å². The maximum absolute atomic E-state index is 12.1. The molecule has 0 unspecified atom stereocenters. The lowest BCUT2D eigenvalue weighted by Gasteiger charge is -2.06. The van der Waals surface area contributed by atoms with Gasteiger partial charge in [0.1, 0.15) is 18.0 Å². The molecule has 1 amide bonds. The molecule has 2 heterocycles. The number of imidazole rings is 1. The van der Waals surface area contributed by atoms with E-state index >= 15 is 0 Å². The largest absolute Gasteiger partial charge is 0.489 e. The SMILES string of the molecule is Cc1cccn2cc(CNC(=O)/C=C/c3ccc(OCc4ccccc4)cc3)nc12. The molecule has 4 aromatic rings. The summed E-state index contributed by atoms with van der Waals surface area (Å²) in [7, 11) is 0. The molecule has 0 radical (unpaired) electrons. The van der Waals surface area contributed by atoms with Crippen LogP contribution < -0.4 is 10.1 Å². The maximum Gasteiger partial charge on any atom is 0.244 e. The van der Waals surface area contributed by atoms with Crippen LogP contribution in [0.1, 0.15) is 22.4 Å². The summed E-state index contributed by atoms with van der Waals surface area (Å²) in [5.74, 6) is 0.635. The highest BCUT2D eigenvalue weighted by atomic mass is 16.5. The van der Waals surface area contributed by atoms with Crippen molar-refractivity contribution >= 4 is 17.6 Å². The summed E-state index contributed by atoms with van der Waals surface area (Å²) >= 11 is 0. The number of carbonyl (C=O) groups excluding carboxylic acids is 1. The van der Waals surface area contributed by atoms with Crippen LogP contribution in [0.4, 0.5) is 0 Å². The second kappa shape index (κ2) is 9.09. The van der Waals surface area contributed by atoms with E-state index in [1.54, 1.807) is 6.08 Å². The van der Waals surface area contributed by atoms with Crippen LogP contribution in [0.3, 0.4) is 0 Å². The van der Waals surface area contributed by atoms with Crippen molar-refractivity contribution in [2.45, 2.75) is 20.1 Å². The van der Waals surface area contributed by atoms with E-state index in [0.717, 1.165) is 33.8 Å². The van der Waals surface area contributed by atoms with Gasteiger partial charge >= 0.3 is 0 Å². The Bertz CT molecular complexity index is 1160. The molecule has 0 spiro atoms. The summed E-state index contributed by atoms with van der Waals surface area (Å²) in [5, 5.41) is 2.87. The fraction of sp³-hybridized carbons (Fsp3) is 0.120. The normalized spacial score (nSPS) is 11.1. The lowest BCUT2D eigenvalue weighted by atomic mass is 10.2. The summed E-state index contributed by atoms with van der Waals surface area (Å²) in [6, 6.07) is 21.7. The third-order valence-electron chi connectivity index (χ3n) is 4.73. The van der Waals surface area contributed by atoms with Crippen molar-refractivity contribution in [1.82, 2.24) is 14.7 Å². The van der Waals surface area contributed by atoms with Crippen LogP contribution in [0.25, 0.3) is 11.7 Å². The molecule has 0 atom stereocenters. The first kappa shape index (κ1) is 19.5. The molecule has 0 aliphatic rings. The van der Waals surface area contributed by atoms with Gasteiger partial charge in [-0.1, -0.05) is 48.5 Å². The molecule has 1 N–H and O–H groups in total. The number of rotatable bonds is 7. The maximum atomic E-state index is 12.1. The van der Waals surface area contributed by atoms with E-state index in [9.17, 15) is 4.79 Å². The van der Waals surface area contributed by atoms with E-state index in [0.29, 0.717) is 13.2 Å². The van der Waals surface area contributed by atoms with Crippen LogP contribution in [-0.4, -0.2) is 15.3 Å². The number of nitrogens with one attached hydrogen (secondary N) is 1. The van der Waals surface area contributed by atoms with Gasteiger partial charge in [0.05, 0.1) is 12.2 Å². The van der Waals surface area contributed by atoms with Crippen molar-refractivity contribution in [1.29, 1.82) is 0 Å². The molecule has 0 saturated carbocycles. The Morgan fingerprint density at radius 2 is 1.87 bits per heavy atom. The zero-order valence-electron chi connectivity index (χ0n) is 16.8. The monoisotopic (exact) mass is 397 g/mol. The minimum absolute atomic E-state index is 0.159. The van der Waals surface area contributed by atoms with Gasteiger partial charge in [0.2, 0.25) is 5.91 Å². The Morgan fingerprint density at radius 1 is 1.07 bits per heavy atom. The van der Waals surface area contributed by atoms with Gasteiger partial charge in [-0.05, 0) is 47.9 Å². The first-order valence-electron chi connectivity index (χ1n) is 9.83. The van der Waals surface area contributed by atoms with Crippen LogP contribution in [0.5, 0.6) is 5.75 Å². The van der Waals surface area contributed by atoms with Crippen LogP contribution in [0, 0.1) is 6.92 Å². The summed E-state index contributed by atoms with van der Waals surface area (Å²) in [5.41, 5.74) is 4.89. The molecule has 5 nitrogen and oxygen atoms in total. The molecule has 30 heavy (non-hydrogen) atoms. The molecule has 4 rings (SSSR count).